The van der Waals surface area contributed by atoms with Gasteiger partial charge in [-0.25, -0.2) is 0 Å². The summed E-state index contributed by atoms with van der Waals surface area (Å²) in [7, 11) is 0. The van der Waals surface area contributed by atoms with E-state index in [1.165, 1.54) is 33.4 Å². The van der Waals surface area contributed by atoms with E-state index >= 15 is 0 Å². The van der Waals surface area contributed by atoms with Gasteiger partial charge >= 0.3 is 0 Å². The van der Waals surface area contributed by atoms with Crippen molar-refractivity contribution in [1.29, 1.82) is 0 Å². The van der Waals surface area contributed by atoms with E-state index < -0.39 is 0 Å². The Morgan fingerprint density at radius 1 is 0.533 bits per heavy atom. The first-order valence-electron chi connectivity index (χ1n) is 10.3. The molecule has 0 saturated carbocycles. The van der Waals surface area contributed by atoms with E-state index in [2.05, 4.69) is 85.8 Å². The maximum Gasteiger partial charge on any atom is 0.0352 e. The van der Waals surface area contributed by atoms with Crippen LogP contribution in [0.3, 0.4) is 0 Å². The van der Waals surface area contributed by atoms with Gasteiger partial charge in [-0.05, 0) is 90.0 Å². The number of aryl methyl sites for hydroxylation is 1. The van der Waals surface area contributed by atoms with Gasteiger partial charge in [0.2, 0.25) is 0 Å². The van der Waals surface area contributed by atoms with Crippen LogP contribution in [0.4, 0.5) is 5.69 Å². The average Bonchev–Trinajstić information content (AvgIpc) is 2.74. The third kappa shape index (κ3) is 4.29. The monoisotopic (exact) mass is 392 g/mol. The highest BCUT2D eigenvalue weighted by Crippen LogP contribution is 2.34. The van der Waals surface area contributed by atoms with Crippen LogP contribution in [-0.4, -0.2) is 0 Å². The van der Waals surface area contributed by atoms with Crippen LogP contribution in [0.2, 0.25) is 0 Å². The highest BCUT2D eigenvalue weighted by molar-refractivity contribution is 5.81. The van der Waals surface area contributed by atoms with Crippen LogP contribution in [0.1, 0.15) is 25.0 Å². The van der Waals surface area contributed by atoms with Crippen molar-refractivity contribution in [2.45, 2.75) is 26.3 Å². The van der Waals surface area contributed by atoms with Crippen LogP contribution in [0.5, 0.6) is 0 Å². The van der Waals surface area contributed by atoms with Gasteiger partial charge in [0.05, 0.1) is 0 Å². The lowest BCUT2D eigenvalue weighted by Crippen LogP contribution is -2.28. The van der Waals surface area contributed by atoms with Gasteiger partial charge in [0, 0.05) is 11.2 Å². The normalized spacial score (nSPS) is 11.5. The van der Waals surface area contributed by atoms with Crippen molar-refractivity contribution in [2.75, 3.05) is 5.73 Å². The van der Waals surface area contributed by atoms with E-state index in [4.69, 9.17) is 11.5 Å². The molecule has 4 aromatic carbocycles. The summed E-state index contributed by atoms with van der Waals surface area (Å²) in [5.41, 5.74) is 22.0. The van der Waals surface area contributed by atoms with Crippen molar-refractivity contribution < 1.29 is 0 Å². The standard InChI is InChI=1S/C28H28N2/c1-19-4-6-20(7-5-19)23-16-24(21-8-12-26(13-9-21)28(2,3)30)18-25(17-23)22-10-14-27(29)15-11-22/h4-18H,29-30H2,1-3H3. The molecule has 2 nitrogen and oxygen atoms in total. The van der Waals surface area contributed by atoms with Gasteiger partial charge in [-0.1, -0.05) is 66.2 Å². The van der Waals surface area contributed by atoms with Crippen molar-refractivity contribution in [3.05, 3.63) is 102 Å². The molecular formula is C28H28N2. The first-order valence-corrected chi connectivity index (χ1v) is 10.3. The van der Waals surface area contributed by atoms with Crippen molar-refractivity contribution in [2.24, 2.45) is 5.73 Å². The minimum absolute atomic E-state index is 0.350. The number of rotatable bonds is 4. The molecule has 4 aromatic rings. The topological polar surface area (TPSA) is 52.0 Å². The van der Waals surface area contributed by atoms with Crippen molar-refractivity contribution >= 4 is 5.69 Å². The van der Waals surface area contributed by atoms with E-state index in [1.807, 2.05) is 26.0 Å². The molecule has 0 amide bonds. The molecule has 4 rings (SSSR count). The molecule has 0 spiro atoms. The van der Waals surface area contributed by atoms with Crippen LogP contribution in [0.25, 0.3) is 33.4 Å². The number of anilines is 1. The lowest BCUT2D eigenvalue weighted by atomic mass is 9.90. The number of hydrogen-bond acceptors (Lipinski definition) is 2. The van der Waals surface area contributed by atoms with Gasteiger partial charge in [0.1, 0.15) is 0 Å². The summed E-state index contributed by atoms with van der Waals surface area (Å²) in [5, 5.41) is 0. The molecule has 0 atom stereocenters. The summed E-state index contributed by atoms with van der Waals surface area (Å²) in [6.07, 6.45) is 0. The summed E-state index contributed by atoms with van der Waals surface area (Å²) in [6, 6.07) is 32.0. The van der Waals surface area contributed by atoms with Gasteiger partial charge in [0.25, 0.3) is 0 Å². The zero-order valence-electron chi connectivity index (χ0n) is 17.8. The molecule has 2 heteroatoms. The van der Waals surface area contributed by atoms with Crippen molar-refractivity contribution in [3.8, 4) is 33.4 Å². The second kappa shape index (κ2) is 7.81. The Morgan fingerprint density at radius 2 is 0.900 bits per heavy atom. The molecule has 0 unspecified atom stereocenters. The molecule has 30 heavy (non-hydrogen) atoms. The Labute approximate surface area is 179 Å². The minimum atomic E-state index is -0.350. The summed E-state index contributed by atoms with van der Waals surface area (Å²) in [4.78, 5) is 0. The van der Waals surface area contributed by atoms with Gasteiger partial charge < -0.3 is 11.5 Å². The second-order valence-corrected chi connectivity index (χ2v) is 8.59. The zero-order chi connectivity index (χ0) is 21.3. The number of nitrogens with two attached hydrogens (primary N) is 2. The Hall–Kier alpha value is -3.36. The van der Waals surface area contributed by atoms with Crippen LogP contribution in [0.15, 0.2) is 91.0 Å². The van der Waals surface area contributed by atoms with Gasteiger partial charge in [-0.15, -0.1) is 0 Å². The molecule has 0 aliphatic rings. The fourth-order valence-electron chi connectivity index (χ4n) is 3.64. The third-order valence-corrected chi connectivity index (χ3v) is 5.52. The third-order valence-electron chi connectivity index (χ3n) is 5.52. The molecule has 0 aliphatic heterocycles. The molecule has 0 radical (unpaired) electrons. The first kappa shape index (κ1) is 19.9. The van der Waals surface area contributed by atoms with Gasteiger partial charge in [0.15, 0.2) is 0 Å². The quantitative estimate of drug-likeness (QED) is 0.376. The fourth-order valence-corrected chi connectivity index (χ4v) is 3.64. The van der Waals surface area contributed by atoms with E-state index in [9.17, 15) is 0 Å². The molecule has 0 fully saturated rings. The lowest BCUT2D eigenvalue weighted by Gasteiger charge is -2.19. The van der Waals surface area contributed by atoms with Crippen LogP contribution in [-0.2, 0) is 5.54 Å². The number of hydrogen-bond donors (Lipinski definition) is 2. The molecule has 0 heterocycles. The smallest absolute Gasteiger partial charge is 0.0352 e. The maximum atomic E-state index is 6.26. The lowest BCUT2D eigenvalue weighted by molar-refractivity contribution is 0.554. The number of nitrogen functional groups attached to an aromatic ring is 1. The highest BCUT2D eigenvalue weighted by Gasteiger charge is 2.14. The van der Waals surface area contributed by atoms with Gasteiger partial charge in [-0.2, -0.15) is 0 Å². The van der Waals surface area contributed by atoms with E-state index in [1.54, 1.807) is 0 Å². The molecule has 0 saturated heterocycles. The summed E-state index contributed by atoms with van der Waals surface area (Å²) < 4.78 is 0. The minimum Gasteiger partial charge on any atom is -0.399 e. The number of benzene rings is 4. The first-order chi connectivity index (χ1) is 14.3. The fraction of sp³-hybridized carbons (Fsp3) is 0.143. The zero-order valence-corrected chi connectivity index (χ0v) is 17.8. The Kier molecular flexibility index (Phi) is 5.19. The van der Waals surface area contributed by atoms with E-state index in [0.29, 0.717) is 0 Å². The highest BCUT2D eigenvalue weighted by atomic mass is 14.7. The molecule has 0 bridgehead atoms. The van der Waals surface area contributed by atoms with Crippen molar-refractivity contribution in [1.82, 2.24) is 0 Å². The second-order valence-electron chi connectivity index (χ2n) is 8.59. The van der Waals surface area contributed by atoms with Crippen LogP contribution >= 0.6 is 0 Å². The Morgan fingerprint density at radius 3 is 1.30 bits per heavy atom. The van der Waals surface area contributed by atoms with Crippen LogP contribution < -0.4 is 11.5 Å². The van der Waals surface area contributed by atoms with Gasteiger partial charge in [-0.3, -0.25) is 0 Å². The maximum absolute atomic E-state index is 6.26. The molecule has 4 N–H and O–H groups in total. The molecule has 150 valence electrons. The van der Waals surface area contributed by atoms with E-state index in [-0.39, 0.29) is 5.54 Å². The summed E-state index contributed by atoms with van der Waals surface area (Å²) >= 11 is 0. The average molecular weight is 393 g/mol. The predicted octanol–water partition coefficient (Wildman–Crippen LogP) is 6.77. The molecule has 0 aliphatic carbocycles. The van der Waals surface area contributed by atoms with Crippen LogP contribution in [0, 0.1) is 6.92 Å². The van der Waals surface area contributed by atoms with E-state index in [0.717, 1.165) is 16.8 Å². The SMILES string of the molecule is Cc1ccc(-c2cc(-c3ccc(N)cc3)cc(-c3ccc(C(C)(C)N)cc3)c2)cc1. The van der Waals surface area contributed by atoms with Crippen molar-refractivity contribution in [3.63, 3.8) is 0 Å². The molecular weight excluding hydrogens is 364 g/mol. The molecule has 0 aromatic heterocycles. The Bertz CT molecular complexity index is 1080. The predicted molar refractivity (Wildman–Crippen MR) is 129 cm³/mol. The summed E-state index contributed by atoms with van der Waals surface area (Å²) in [5.74, 6) is 0. The Balaban J connectivity index is 1.85. The largest absolute Gasteiger partial charge is 0.399 e. The summed E-state index contributed by atoms with van der Waals surface area (Å²) in [6.45, 7) is 6.17.